The van der Waals surface area contributed by atoms with E-state index in [9.17, 15) is 0 Å². The van der Waals surface area contributed by atoms with Crippen molar-refractivity contribution in [3.8, 4) is 0 Å². The highest BCUT2D eigenvalue weighted by molar-refractivity contribution is 4.75. The van der Waals surface area contributed by atoms with Crippen LogP contribution in [0.3, 0.4) is 0 Å². The van der Waals surface area contributed by atoms with Crippen LogP contribution in [0, 0.1) is 0 Å². The molecule has 10 heavy (non-hydrogen) atoms. The van der Waals surface area contributed by atoms with Crippen LogP contribution < -0.4 is 5.48 Å². The zero-order chi connectivity index (χ0) is 7.66. The van der Waals surface area contributed by atoms with Crippen molar-refractivity contribution in [3.63, 3.8) is 0 Å². The van der Waals surface area contributed by atoms with Gasteiger partial charge in [-0.3, -0.25) is 10.3 Å². The maximum atomic E-state index is 4.88. The van der Waals surface area contributed by atoms with Crippen LogP contribution in [0.15, 0.2) is 12.3 Å². The Balaban J connectivity index is 2.89. The van der Waals surface area contributed by atoms with E-state index in [1.54, 1.807) is 0 Å². The molecule has 0 saturated heterocycles. The monoisotopic (exact) mass is 143 g/mol. The molecule has 0 aromatic rings. The van der Waals surface area contributed by atoms with Crippen LogP contribution >= 0.6 is 0 Å². The second kappa shape index (κ2) is 8.50. The molecule has 0 aromatic carbocycles. The number of unbranched alkanes of at least 4 members (excludes halogenated alkanes) is 2. The van der Waals surface area contributed by atoms with Gasteiger partial charge in [-0.25, -0.2) is 0 Å². The van der Waals surface area contributed by atoms with E-state index in [1.807, 2.05) is 13.1 Å². The van der Waals surface area contributed by atoms with E-state index in [0.29, 0.717) is 6.61 Å². The molecule has 0 heterocycles. The summed E-state index contributed by atoms with van der Waals surface area (Å²) < 4.78 is 0. The third-order valence-electron chi connectivity index (χ3n) is 1.14. The van der Waals surface area contributed by atoms with Gasteiger partial charge >= 0.3 is 0 Å². The molecule has 0 spiro atoms. The minimum Gasteiger partial charge on any atom is -0.277 e. The van der Waals surface area contributed by atoms with Gasteiger partial charge in [0.1, 0.15) is 0 Å². The van der Waals surface area contributed by atoms with E-state index in [4.69, 9.17) is 4.84 Å². The second-order valence-electron chi connectivity index (χ2n) is 2.10. The Morgan fingerprint density at radius 2 is 2.20 bits per heavy atom. The standard InChI is InChI=1S/C8H17NO/c1-3-5-6-7-8-9-10-4-2/h7-9H,3-6H2,1-2H3/b8-7+. The summed E-state index contributed by atoms with van der Waals surface area (Å²) in [6.45, 7) is 4.84. The lowest BCUT2D eigenvalue weighted by atomic mass is 10.2. The topological polar surface area (TPSA) is 21.3 Å². The van der Waals surface area contributed by atoms with E-state index in [-0.39, 0.29) is 0 Å². The van der Waals surface area contributed by atoms with Crippen molar-refractivity contribution in [2.45, 2.75) is 33.1 Å². The number of hydrogen-bond acceptors (Lipinski definition) is 2. The maximum Gasteiger partial charge on any atom is 0.0717 e. The minimum absolute atomic E-state index is 0.706. The van der Waals surface area contributed by atoms with Crippen molar-refractivity contribution in [1.82, 2.24) is 5.48 Å². The number of allylic oxidation sites excluding steroid dienone is 1. The molecular formula is C8H17NO. The van der Waals surface area contributed by atoms with Gasteiger partial charge in [0.25, 0.3) is 0 Å². The van der Waals surface area contributed by atoms with Gasteiger partial charge in [-0.15, -0.1) is 0 Å². The van der Waals surface area contributed by atoms with E-state index >= 15 is 0 Å². The van der Waals surface area contributed by atoms with Crippen LogP contribution in [0.2, 0.25) is 0 Å². The first-order chi connectivity index (χ1) is 4.91. The molecule has 2 nitrogen and oxygen atoms in total. The minimum atomic E-state index is 0.706. The number of rotatable bonds is 6. The molecule has 0 aliphatic carbocycles. The van der Waals surface area contributed by atoms with Crippen molar-refractivity contribution in [1.29, 1.82) is 0 Å². The third kappa shape index (κ3) is 7.50. The summed E-state index contributed by atoms with van der Waals surface area (Å²) in [7, 11) is 0. The zero-order valence-corrected chi connectivity index (χ0v) is 6.89. The smallest absolute Gasteiger partial charge is 0.0717 e. The molecule has 0 bridgehead atoms. The number of hydroxylamine groups is 1. The van der Waals surface area contributed by atoms with Crippen molar-refractivity contribution < 1.29 is 4.84 Å². The van der Waals surface area contributed by atoms with E-state index in [0.717, 1.165) is 6.42 Å². The molecule has 0 aliphatic heterocycles. The SMILES string of the molecule is CCCC/C=C/NOCC. The average Bonchev–Trinajstić information content (AvgIpc) is 1.97. The summed E-state index contributed by atoms with van der Waals surface area (Å²) in [6, 6.07) is 0. The summed E-state index contributed by atoms with van der Waals surface area (Å²) in [5.74, 6) is 0. The van der Waals surface area contributed by atoms with Gasteiger partial charge in [-0.2, -0.15) is 0 Å². The van der Waals surface area contributed by atoms with Crippen LogP contribution in [0.25, 0.3) is 0 Å². The molecular weight excluding hydrogens is 126 g/mol. The van der Waals surface area contributed by atoms with Gasteiger partial charge in [0.05, 0.1) is 6.61 Å². The summed E-state index contributed by atoms with van der Waals surface area (Å²) in [6.07, 6.45) is 7.57. The molecule has 0 aromatic heterocycles. The largest absolute Gasteiger partial charge is 0.277 e. The normalized spacial score (nSPS) is 10.6. The zero-order valence-electron chi connectivity index (χ0n) is 6.89. The molecule has 0 aliphatic rings. The lowest BCUT2D eigenvalue weighted by Gasteiger charge is -1.95. The number of nitrogens with one attached hydrogen (secondary N) is 1. The molecule has 0 amide bonds. The fourth-order valence-corrected chi connectivity index (χ4v) is 0.585. The summed E-state index contributed by atoms with van der Waals surface area (Å²) in [5.41, 5.74) is 2.71. The van der Waals surface area contributed by atoms with Gasteiger partial charge in [0.2, 0.25) is 0 Å². The Hall–Kier alpha value is -0.500. The Morgan fingerprint density at radius 3 is 2.80 bits per heavy atom. The Bertz CT molecular complexity index is 71.3. The van der Waals surface area contributed by atoms with E-state index < -0.39 is 0 Å². The van der Waals surface area contributed by atoms with E-state index in [1.165, 1.54) is 12.8 Å². The quantitative estimate of drug-likeness (QED) is 0.455. The first-order valence-corrected chi connectivity index (χ1v) is 3.94. The van der Waals surface area contributed by atoms with Gasteiger partial charge in [-0.05, 0) is 13.3 Å². The Morgan fingerprint density at radius 1 is 1.40 bits per heavy atom. The van der Waals surface area contributed by atoms with Gasteiger partial charge in [0.15, 0.2) is 0 Å². The van der Waals surface area contributed by atoms with Crippen molar-refractivity contribution >= 4 is 0 Å². The lowest BCUT2D eigenvalue weighted by Crippen LogP contribution is -2.04. The molecule has 2 heteroatoms. The fourth-order valence-electron chi connectivity index (χ4n) is 0.585. The molecule has 60 valence electrons. The Kier molecular flexibility index (Phi) is 8.07. The highest BCUT2D eigenvalue weighted by Gasteiger charge is 1.76. The Labute approximate surface area is 63.2 Å². The first-order valence-electron chi connectivity index (χ1n) is 3.94. The highest BCUT2D eigenvalue weighted by Crippen LogP contribution is 1.93. The molecule has 0 atom stereocenters. The van der Waals surface area contributed by atoms with Crippen LogP contribution in [0.1, 0.15) is 33.1 Å². The molecule has 0 saturated carbocycles. The molecule has 0 unspecified atom stereocenters. The summed E-state index contributed by atoms with van der Waals surface area (Å²) in [5, 5.41) is 0. The predicted octanol–water partition coefficient (Wildman–Crippen LogP) is 2.23. The summed E-state index contributed by atoms with van der Waals surface area (Å²) >= 11 is 0. The van der Waals surface area contributed by atoms with Crippen LogP contribution in [0.5, 0.6) is 0 Å². The molecule has 0 radical (unpaired) electrons. The highest BCUT2D eigenvalue weighted by atomic mass is 16.6. The second-order valence-corrected chi connectivity index (χ2v) is 2.10. The fraction of sp³-hybridized carbons (Fsp3) is 0.750. The van der Waals surface area contributed by atoms with E-state index in [2.05, 4.69) is 18.5 Å². The van der Waals surface area contributed by atoms with Crippen molar-refractivity contribution in [3.05, 3.63) is 12.3 Å². The first kappa shape index (κ1) is 9.50. The number of hydrogen-bond donors (Lipinski definition) is 1. The average molecular weight is 143 g/mol. The third-order valence-corrected chi connectivity index (χ3v) is 1.14. The molecule has 1 N–H and O–H groups in total. The van der Waals surface area contributed by atoms with Crippen LogP contribution in [-0.2, 0) is 4.84 Å². The summed E-state index contributed by atoms with van der Waals surface area (Å²) in [4.78, 5) is 4.88. The van der Waals surface area contributed by atoms with Crippen molar-refractivity contribution in [2.75, 3.05) is 6.61 Å². The predicted molar refractivity (Wildman–Crippen MR) is 43.4 cm³/mol. The van der Waals surface area contributed by atoms with Gasteiger partial charge in [0, 0.05) is 6.20 Å². The molecule has 0 fully saturated rings. The maximum absolute atomic E-state index is 4.88. The van der Waals surface area contributed by atoms with Gasteiger partial charge < -0.3 is 0 Å². The van der Waals surface area contributed by atoms with Crippen molar-refractivity contribution in [2.24, 2.45) is 0 Å². The van der Waals surface area contributed by atoms with Crippen LogP contribution in [0.4, 0.5) is 0 Å². The van der Waals surface area contributed by atoms with Gasteiger partial charge in [-0.1, -0.05) is 25.8 Å². The molecule has 0 rings (SSSR count). The lowest BCUT2D eigenvalue weighted by molar-refractivity contribution is 0.0823. The van der Waals surface area contributed by atoms with Crippen LogP contribution in [-0.4, -0.2) is 6.61 Å².